The van der Waals surface area contributed by atoms with Crippen molar-refractivity contribution in [2.24, 2.45) is 0 Å². The van der Waals surface area contributed by atoms with Crippen LogP contribution in [-0.2, 0) is 11.3 Å². The molecule has 0 saturated carbocycles. The molecule has 1 aromatic heterocycles. The van der Waals surface area contributed by atoms with E-state index in [1.807, 2.05) is 6.07 Å². The highest BCUT2D eigenvalue weighted by atomic mass is 16.5. The van der Waals surface area contributed by atoms with E-state index in [1.165, 1.54) is 6.42 Å². The lowest BCUT2D eigenvalue weighted by Crippen LogP contribution is -2.16. The van der Waals surface area contributed by atoms with Gasteiger partial charge in [0.15, 0.2) is 5.76 Å². The summed E-state index contributed by atoms with van der Waals surface area (Å²) in [5, 5.41) is 3.96. The zero-order chi connectivity index (χ0) is 9.97. The van der Waals surface area contributed by atoms with Crippen LogP contribution >= 0.6 is 0 Å². The highest BCUT2D eigenvalue weighted by Gasteiger charge is 2.26. The predicted octanol–water partition coefficient (Wildman–Crippen LogP) is 1.59. The van der Waals surface area contributed by atoms with Gasteiger partial charge in [0.2, 0.25) is 0 Å². The fourth-order valence-electron chi connectivity index (χ4n) is 1.97. The van der Waals surface area contributed by atoms with Crippen molar-refractivity contribution in [3.8, 4) is 0 Å². The lowest BCUT2D eigenvalue weighted by molar-refractivity contribution is 0.176. The minimum Gasteiger partial charge on any atom is -0.378 e. The van der Waals surface area contributed by atoms with Crippen LogP contribution < -0.4 is 0 Å². The van der Waals surface area contributed by atoms with Gasteiger partial charge < -0.3 is 9.26 Å². The normalized spacial score (nSPS) is 23.1. The van der Waals surface area contributed by atoms with E-state index in [-0.39, 0.29) is 0 Å². The summed E-state index contributed by atoms with van der Waals surface area (Å²) in [6, 6.07) is 2.41. The van der Waals surface area contributed by atoms with Gasteiger partial charge in [-0.05, 0) is 26.4 Å². The molecule has 0 N–H and O–H groups in total. The van der Waals surface area contributed by atoms with Gasteiger partial charge >= 0.3 is 0 Å². The van der Waals surface area contributed by atoms with E-state index >= 15 is 0 Å². The van der Waals surface area contributed by atoms with Crippen molar-refractivity contribution in [3.05, 3.63) is 17.5 Å². The van der Waals surface area contributed by atoms with Crippen molar-refractivity contribution in [2.45, 2.75) is 25.5 Å². The van der Waals surface area contributed by atoms with Gasteiger partial charge in [0.1, 0.15) is 5.69 Å². The Labute approximate surface area is 83.8 Å². The van der Waals surface area contributed by atoms with E-state index in [0.29, 0.717) is 12.6 Å². The Morgan fingerprint density at radius 2 is 2.57 bits per heavy atom. The summed E-state index contributed by atoms with van der Waals surface area (Å²) >= 11 is 0. The lowest BCUT2D eigenvalue weighted by Gasteiger charge is -2.15. The summed E-state index contributed by atoms with van der Waals surface area (Å²) in [5.41, 5.74) is 0.878. The topological polar surface area (TPSA) is 38.5 Å². The van der Waals surface area contributed by atoms with Crippen LogP contribution in [0.4, 0.5) is 0 Å². The maximum absolute atomic E-state index is 5.30. The Balaban J connectivity index is 2.08. The molecule has 78 valence electrons. The van der Waals surface area contributed by atoms with Gasteiger partial charge in [0, 0.05) is 13.2 Å². The number of rotatable bonds is 3. The van der Waals surface area contributed by atoms with E-state index < -0.39 is 0 Å². The molecule has 1 aliphatic heterocycles. The van der Waals surface area contributed by atoms with E-state index in [4.69, 9.17) is 9.26 Å². The van der Waals surface area contributed by atoms with Crippen molar-refractivity contribution >= 4 is 0 Å². The van der Waals surface area contributed by atoms with Gasteiger partial charge in [-0.3, -0.25) is 4.90 Å². The molecule has 0 amide bonds. The fraction of sp³-hybridized carbons (Fsp3) is 0.700. The zero-order valence-electron chi connectivity index (χ0n) is 8.69. The van der Waals surface area contributed by atoms with Crippen LogP contribution in [0, 0.1) is 0 Å². The maximum Gasteiger partial charge on any atom is 0.154 e. The zero-order valence-corrected chi connectivity index (χ0v) is 8.69. The van der Waals surface area contributed by atoms with Gasteiger partial charge in [0.05, 0.1) is 12.6 Å². The highest BCUT2D eigenvalue weighted by molar-refractivity contribution is 5.10. The van der Waals surface area contributed by atoms with Gasteiger partial charge in [0.25, 0.3) is 0 Å². The third-order valence-electron chi connectivity index (χ3n) is 2.72. The first-order chi connectivity index (χ1) is 6.81. The molecule has 14 heavy (non-hydrogen) atoms. The summed E-state index contributed by atoms with van der Waals surface area (Å²) in [4.78, 5) is 2.30. The fourth-order valence-corrected chi connectivity index (χ4v) is 1.97. The Morgan fingerprint density at radius 3 is 3.21 bits per heavy atom. The number of likely N-dealkylation sites (tertiary alicyclic amines) is 1. The molecule has 2 rings (SSSR count). The SMILES string of the molecule is COCc1cc([C@H]2CCCN2C)on1. The number of methoxy groups -OCH3 is 1. The van der Waals surface area contributed by atoms with Crippen molar-refractivity contribution in [1.29, 1.82) is 0 Å². The van der Waals surface area contributed by atoms with Crippen LogP contribution in [0.15, 0.2) is 10.6 Å². The molecule has 4 heteroatoms. The average Bonchev–Trinajstić information content (AvgIpc) is 2.74. The van der Waals surface area contributed by atoms with Gasteiger partial charge in [-0.25, -0.2) is 0 Å². The molecule has 1 saturated heterocycles. The molecular weight excluding hydrogens is 180 g/mol. The summed E-state index contributed by atoms with van der Waals surface area (Å²) in [7, 11) is 3.78. The quantitative estimate of drug-likeness (QED) is 0.735. The predicted molar refractivity (Wildman–Crippen MR) is 51.8 cm³/mol. The second kappa shape index (κ2) is 4.11. The van der Waals surface area contributed by atoms with Crippen LogP contribution in [0.5, 0.6) is 0 Å². The standard InChI is InChI=1S/C10H16N2O2/c1-12-5-3-4-9(12)10-6-8(7-13-2)11-14-10/h6,9H,3-5,7H2,1-2H3/t9-/m1/s1. The lowest BCUT2D eigenvalue weighted by atomic mass is 10.1. The van der Waals surface area contributed by atoms with Crippen LogP contribution in [0.1, 0.15) is 30.3 Å². The summed E-state index contributed by atoms with van der Waals surface area (Å²) in [5.74, 6) is 0.969. The van der Waals surface area contributed by atoms with E-state index in [2.05, 4.69) is 17.1 Å². The third kappa shape index (κ3) is 1.81. The van der Waals surface area contributed by atoms with Crippen molar-refractivity contribution in [2.75, 3.05) is 20.7 Å². The Kier molecular flexibility index (Phi) is 2.84. The molecule has 2 heterocycles. The first-order valence-corrected chi connectivity index (χ1v) is 4.96. The molecule has 4 nitrogen and oxygen atoms in total. The van der Waals surface area contributed by atoms with Crippen LogP contribution in [0.2, 0.25) is 0 Å². The molecule has 1 fully saturated rings. The molecule has 1 aliphatic rings. The summed E-state index contributed by atoms with van der Waals surface area (Å²) in [6.07, 6.45) is 2.40. The maximum atomic E-state index is 5.30. The molecular formula is C10H16N2O2. The summed E-state index contributed by atoms with van der Waals surface area (Å²) < 4.78 is 10.3. The van der Waals surface area contributed by atoms with Gasteiger partial charge in [-0.2, -0.15) is 0 Å². The first kappa shape index (κ1) is 9.68. The smallest absolute Gasteiger partial charge is 0.154 e. The van der Waals surface area contributed by atoms with Crippen LogP contribution in [0.25, 0.3) is 0 Å². The Hall–Kier alpha value is -0.870. The third-order valence-corrected chi connectivity index (χ3v) is 2.72. The van der Waals surface area contributed by atoms with E-state index in [0.717, 1.165) is 24.4 Å². The van der Waals surface area contributed by atoms with E-state index in [9.17, 15) is 0 Å². The van der Waals surface area contributed by atoms with Crippen molar-refractivity contribution in [1.82, 2.24) is 10.1 Å². The van der Waals surface area contributed by atoms with Crippen LogP contribution in [-0.4, -0.2) is 30.8 Å². The molecule has 0 aromatic carbocycles. The second-order valence-electron chi connectivity index (χ2n) is 3.79. The molecule has 0 bridgehead atoms. The first-order valence-electron chi connectivity index (χ1n) is 4.96. The minimum atomic E-state index is 0.410. The van der Waals surface area contributed by atoms with E-state index in [1.54, 1.807) is 7.11 Å². The number of aromatic nitrogens is 1. The van der Waals surface area contributed by atoms with Crippen molar-refractivity contribution in [3.63, 3.8) is 0 Å². The molecule has 0 spiro atoms. The number of nitrogens with zero attached hydrogens (tertiary/aromatic N) is 2. The number of hydrogen-bond acceptors (Lipinski definition) is 4. The average molecular weight is 196 g/mol. The molecule has 0 aliphatic carbocycles. The monoisotopic (exact) mass is 196 g/mol. The second-order valence-corrected chi connectivity index (χ2v) is 3.79. The highest BCUT2D eigenvalue weighted by Crippen LogP contribution is 2.30. The van der Waals surface area contributed by atoms with Crippen molar-refractivity contribution < 1.29 is 9.26 Å². The number of ether oxygens (including phenoxy) is 1. The number of hydrogen-bond donors (Lipinski definition) is 0. The largest absolute Gasteiger partial charge is 0.378 e. The van der Waals surface area contributed by atoms with Crippen LogP contribution in [0.3, 0.4) is 0 Å². The Morgan fingerprint density at radius 1 is 1.71 bits per heavy atom. The molecule has 0 radical (unpaired) electrons. The Bertz CT molecular complexity index is 298. The molecule has 0 unspecified atom stereocenters. The summed E-state index contributed by atoms with van der Waals surface area (Å²) in [6.45, 7) is 1.67. The minimum absolute atomic E-state index is 0.410. The molecule has 1 atom stereocenters. The molecule has 1 aromatic rings. The van der Waals surface area contributed by atoms with Gasteiger partial charge in [-0.15, -0.1) is 0 Å². The van der Waals surface area contributed by atoms with Gasteiger partial charge in [-0.1, -0.05) is 5.16 Å².